The summed E-state index contributed by atoms with van der Waals surface area (Å²) < 4.78 is 5.69. The lowest BCUT2D eigenvalue weighted by molar-refractivity contribution is -0.123. The highest BCUT2D eigenvalue weighted by atomic mass is 35.5. The molecule has 1 aromatic rings. The fourth-order valence-electron chi connectivity index (χ4n) is 2.38. The van der Waals surface area contributed by atoms with Crippen molar-refractivity contribution in [2.45, 2.75) is 13.0 Å². The van der Waals surface area contributed by atoms with Crippen molar-refractivity contribution in [2.75, 3.05) is 39.3 Å². The zero-order valence-corrected chi connectivity index (χ0v) is 13.1. The van der Waals surface area contributed by atoms with E-state index in [2.05, 4.69) is 9.80 Å². The summed E-state index contributed by atoms with van der Waals surface area (Å²) in [4.78, 5) is 15.6. The number of hydrogen-bond donors (Lipinski definition) is 1. The number of piperazine rings is 1. The zero-order chi connectivity index (χ0) is 15.2. The number of nitrogens with zero attached hydrogens (tertiary/aromatic N) is 2. The second-order valence-electron chi connectivity index (χ2n) is 5.26. The first-order chi connectivity index (χ1) is 10.1. The molecule has 0 unspecified atom stereocenters. The lowest BCUT2D eigenvalue weighted by Gasteiger charge is -2.36. The summed E-state index contributed by atoms with van der Waals surface area (Å²) in [6.45, 7) is 6.98. The van der Waals surface area contributed by atoms with Gasteiger partial charge in [-0.25, -0.2) is 0 Å². The van der Waals surface area contributed by atoms with Gasteiger partial charge in [0.05, 0.1) is 6.04 Å². The number of benzene rings is 1. The minimum absolute atomic E-state index is 0.183. The van der Waals surface area contributed by atoms with Crippen LogP contribution in [0, 0.1) is 0 Å². The highest BCUT2D eigenvalue weighted by molar-refractivity contribution is 6.30. The molecular formula is C15H22ClN3O2. The Balaban J connectivity index is 1.67. The SMILES string of the molecule is C[C@H](C(N)=O)N1CCN(CCOc2ccc(Cl)cc2)CC1. The molecule has 0 saturated carbocycles. The number of rotatable bonds is 6. The quantitative estimate of drug-likeness (QED) is 0.858. The van der Waals surface area contributed by atoms with Crippen LogP contribution >= 0.6 is 11.6 Å². The summed E-state index contributed by atoms with van der Waals surface area (Å²) in [5.41, 5.74) is 5.33. The van der Waals surface area contributed by atoms with E-state index in [1.165, 1.54) is 0 Å². The van der Waals surface area contributed by atoms with Gasteiger partial charge in [-0.1, -0.05) is 11.6 Å². The number of amides is 1. The van der Waals surface area contributed by atoms with Crippen molar-refractivity contribution in [3.05, 3.63) is 29.3 Å². The van der Waals surface area contributed by atoms with E-state index in [4.69, 9.17) is 22.1 Å². The van der Waals surface area contributed by atoms with Gasteiger partial charge in [-0.3, -0.25) is 14.6 Å². The van der Waals surface area contributed by atoms with Gasteiger partial charge in [0.15, 0.2) is 0 Å². The number of ether oxygens (including phenoxy) is 1. The van der Waals surface area contributed by atoms with E-state index in [1.54, 1.807) is 0 Å². The Morgan fingerprint density at radius 2 is 1.90 bits per heavy atom. The molecule has 116 valence electrons. The number of nitrogens with two attached hydrogens (primary N) is 1. The molecule has 5 nitrogen and oxygen atoms in total. The Bertz CT molecular complexity index is 458. The maximum atomic E-state index is 11.2. The maximum Gasteiger partial charge on any atom is 0.234 e. The molecule has 1 amide bonds. The van der Waals surface area contributed by atoms with Gasteiger partial charge in [0.1, 0.15) is 12.4 Å². The van der Waals surface area contributed by atoms with Crippen molar-refractivity contribution in [3.63, 3.8) is 0 Å². The molecular weight excluding hydrogens is 290 g/mol. The van der Waals surface area contributed by atoms with E-state index in [0.29, 0.717) is 11.6 Å². The van der Waals surface area contributed by atoms with Gasteiger partial charge < -0.3 is 10.5 Å². The van der Waals surface area contributed by atoms with Crippen LogP contribution in [-0.2, 0) is 4.79 Å². The van der Waals surface area contributed by atoms with Crippen molar-refractivity contribution in [3.8, 4) is 5.75 Å². The molecule has 1 aliphatic heterocycles. The van der Waals surface area contributed by atoms with Crippen LogP contribution in [0.25, 0.3) is 0 Å². The number of carbonyl (C=O) groups excluding carboxylic acids is 1. The van der Waals surface area contributed by atoms with Crippen molar-refractivity contribution in [1.29, 1.82) is 0 Å². The molecule has 1 heterocycles. The average Bonchev–Trinajstić information content (AvgIpc) is 2.49. The third-order valence-electron chi connectivity index (χ3n) is 3.86. The van der Waals surface area contributed by atoms with Crippen LogP contribution in [0.3, 0.4) is 0 Å². The predicted octanol–water partition coefficient (Wildman–Crippen LogP) is 1.21. The second kappa shape index (κ2) is 7.64. The Hall–Kier alpha value is -1.30. The van der Waals surface area contributed by atoms with Gasteiger partial charge in [-0.2, -0.15) is 0 Å². The lowest BCUT2D eigenvalue weighted by atomic mass is 10.2. The van der Waals surface area contributed by atoms with E-state index in [9.17, 15) is 4.79 Å². The number of primary amides is 1. The van der Waals surface area contributed by atoms with E-state index >= 15 is 0 Å². The van der Waals surface area contributed by atoms with Gasteiger partial charge in [-0.15, -0.1) is 0 Å². The smallest absolute Gasteiger partial charge is 0.234 e. The molecule has 2 N–H and O–H groups in total. The van der Waals surface area contributed by atoms with Crippen molar-refractivity contribution in [1.82, 2.24) is 9.80 Å². The molecule has 21 heavy (non-hydrogen) atoms. The normalized spacial score (nSPS) is 18.4. The van der Waals surface area contributed by atoms with Gasteiger partial charge in [-0.05, 0) is 31.2 Å². The monoisotopic (exact) mass is 311 g/mol. The highest BCUT2D eigenvalue weighted by Gasteiger charge is 2.23. The third kappa shape index (κ3) is 4.88. The minimum atomic E-state index is -0.255. The molecule has 6 heteroatoms. The van der Waals surface area contributed by atoms with Crippen LogP contribution in [0.5, 0.6) is 5.75 Å². The molecule has 1 fully saturated rings. The number of hydrogen-bond acceptors (Lipinski definition) is 4. The molecule has 0 aromatic heterocycles. The van der Waals surface area contributed by atoms with Gasteiger partial charge in [0.2, 0.25) is 5.91 Å². The van der Waals surface area contributed by atoms with Crippen LogP contribution in [0.2, 0.25) is 5.02 Å². The Labute approximate surface area is 130 Å². The molecule has 2 rings (SSSR count). The van der Waals surface area contributed by atoms with Crippen molar-refractivity contribution < 1.29 is 9.53 Å². The Morgan fingerprint density at radius 1 is 1.29 bits per heavy atom. The first-order valence-electron chi connectivity index (χ1n) is 7.20. The first kappa shape index (κ1) is 16.1. The molecule has 0 bridgehead atoms. The third-order valence-corrected chi connectivity index (χ3v) is 4.11. The zero-order valence-electron chi connectivity index (χ0n) is 12.3. The largest absolute Gasteiger partial charge is 0.492 e. The van der Waals surface area contributed by atoms with E-state index in [-0.39, 0.29) is 11.9 Å². The summed E-state index contributed by atoms with van der Waals surface area (Å²) in [6.07, 6.45) is 0. The highest BCUT2D eigenvalue weighted by Crippen LogP contribution is 2.15. The minimum Gasteiger partial charge on any atom is -0.492 e. The van der Waals surface area contributed by atoms with Crippen molar-refractivity contribution in [2.24, 2.45) is 5.73 Å². The van der Waals surface area contributed by atoms with Crippen LogP contribution in [-0.4, -0.2) is 61.1 Å². The van der Waals surface area contributed by atoms with E-state index in [0.717, 1.165) is 38.5 Å². The van der Waals surface area contributed by atoms with Gasteiger partial charge in [0.25, 0.3) is 0 Å². The Kier molecular flexibility index (Phi) is 5.85. The Morgan fingerprint density at radius 3 is 2.48 bits per heavy atom. The van der Waals surface area contributed by atoms with Crippen molar-refractivity contribution >= 4 is 17.5 Å². The summed E-state index contributed by atoms with van der Waals surface area (Å²) in [5, 5.41) is 0.710. The van der Waals surface area contributed by atoms with Crippen LogP contribution in [0.15, 0.2) is 24.3 Å². The van der Waals surface area contributed by atoms with Gasteiger partial charge in [0, 0.05) is 37.7 Å². The number of carbonyl (C=O) groups is 1. The molecule has 0 aliphatic carbocycles. The summed E-state index contributed by atoms with van der Waals surface area (Å²) >= 11 is 5.83. The molecule has 0 spiro atoms. The fraction of sp³-hybridized carbons (Fsp3) is 0.533. The molecule has 1 atom stereocenters. The average molecular weight is 312 g/mol. The standard InChI is InChI=1S/C15H22ClN3O2/c1-12(15(17)20)19-8-6-18(7-9-19)10-11-21-14-4-2-13(16)3-5-14/h2-5,12H,6-11H2,1H3,(H2,17,20)/t12-/m1/s1. The molecule has 1 aliphatic rings. The summed E-state index contributed by atoms with van der Waals surface area (Å²) in [7, 11) is 0. The molecule has 1 aromatic carbocycles. The first-order valence-corrected chi connectivity index (χ1v) is 7.58. The summed E-state index contributed by atoms with van der Waals surface area (Å²) in [6, 6.07) is 7.20. The fourth-order valence-corrected chi connectivity index (χ4v) is 2.50. The van der Waals surface area contributed by atoms with Crippen LogP contribution in [0.4, 0.5) is 0 Å². The molecule has 1 saturated heterocycles. The summed E-state index contributed by atoms with van der Waals surface area (Å²) in [5.74, 6) is 0.579. The van der Waals surface area contributed by atoms with E-state index < -0.39 is 0 Å². The maximum absolute atomic E-state index is 11.2. The van der Waals surface area contributed by atoms with E-state index in [1.807, 2.05) is 31.2 Å². The molecule has 0 radical (unpaired) electrons. The lowest BCUT2D eigenvalue weighted by Crippen LogP contribution is -2.53. The predicted molar refractivity (Wildman–Crippen MR) is 83.6 cm³/mol. The number of halogens is 1. The second-order valence-corrected chi connectivity index (χ2v) is 5.69. The van der Waals surface area contributed by atoms with Crippen LogP contribution < -0.4 is 10.5 Å². The topological polar surface area (TPSA) is 58.8 Å². The van der Waals surface area contributed by atoms with Crippen LogP contribution in [0.1, 0.15) is 6.92 Å². The van der Waals surface area contributed by atoms with Gasteiger partial charge >= 0.3 is 0 Å².